The van der Waals surface area contributed by atoms with Gasteiger partial charge in [-0.1, -0.05) is 0 Å². The van der Waals surface area contributed by atoms with Crippen molar-refractivity contribution in [2.75, 3.05) is 13.1 Å². The van der Waals surface area contributed by atoms with Gasteiger partial charge in [-0.05, 0) is 28.9 Å². The lowest BCUT2D eigenvalue weighted by Crippen LogP contribution is -2.08. The van der Waals surface area contributed by atoms with Crippen LogP contribution in [-0.4, -0.2) is 23.1 Å². The molecule has 2 N–H and O–H groups in total. The fourth-order valence-corrected chi connectivity index (χ4v) is 1.71. The van der Waals surface area contributed by atoms with Gasteiger partial charge in [0.1, 0.15) is 10.4 Å². The highest BCUT2D eigenvalue weighted by atomic mass is 79.9. The summed E-state index contributed by atoms with van der Waals surface area (Å²) < 4.78 is 0.972. The van der Waals surface area contributed by atoms with Gasteiger partial charge >= 0.3 is 0 Å². The van der Waals surface area contributed by atoms with Crippen LogP contribution in [-0.2, 0) is 0 Å². The fourth-order valence-electron chi connectivity index (χ4n) is 1.41. The zero-order valence-corrected chi connectivity index (χ0v) is 7.69. The first-order valence-electron chi connectivity index (χ1n) is 3.77. The molecule has 0 saturated carbocycles. The smallest absolute Gasteiger partial charge is 0.111 e. The molecule has 0 aromatic carbocycles. The van der Waals surface area contributed by atoms with Crippen LogP contribution in [0.2, 0.25) is 0 Å². The topological polar surface area (TPSA) is 40.7 Å². The van der Waals surface area contributed by atoms with E-state index in [1.807, 2.05) is 6.20 Å². The van der Waals surface area contributed by atoms with Crippen LogP contribution in [0.3, 0.4) is 0 Å². The van der Waals surface area contributed by atoms with Crippen LogP contribution in [0.25, 0.3) is 0 Å². The highest BCUT2D eigenvalue weighted by Crippen LogP contribution is 2.20. The third kappa shape index (κ3) is 1.46. The van der Waals surface area contributed by atoms with Gasteiger partial charge in [0.2, 0.25) is 0 Å². The molecule has 0 bridgehead atoms. The Kier molecular flexibility index (Phi) is 1.96. The van der Waals surface area contributed by atoms with Gasteiger partial charge in [0, 0.05) is 12.5 Å². The summed E-state index contributed by atoms with van der Waals surface area (Å²) in [5, 5.41) is 3.30. The first-order valence-corrected chi connectivity index (χ1v) is 4.56. The standard InChI is InChI=1S/C7H10BrN3/c8-6-4-10-7(11-6)5-1-2-9-3-5/h4-5,9H,1-3H2,(H,10,11). The molecule has 1 atom stereocenters. The van der Waals surface area contributed by atoms with E-state index in [9.17, 15) is 0 Å². The van der Waals surface area contributed by atoms with Crippen molar-refractivity contribution in [3.05, 3.63) is 16.6 Å². The molecule has 1 saturated heterocycles. The molecule has 0 amide bonds. The molecule has 1 unspecified atom stereocenters. The normalized spacial score (nSPS) is 24.3. The molecule has 0 radical (unpaired) electrons. The van der Waals surface area contributed by atoms with Crippen LogP contribution in [0.5, 0.6) is 0 Å². The minimum absolute atomic E-state index is 0.585. The summed E-state index contributed by atoms with van der Waals surface area (Å²) in [7, 11) is 0. The van der Waals surface area contributed by atoms with Gasteiger partial charge in [0.25, 0.3) is 0 Å². The summed E-state index contributed by atoms with van der Waals surface area (Å²) in [4.78, 5) is 7.44. The summed E-state index contributed by atoms with van der Waals surface area (Å²) in [6.07, 6.45) is 3.01. The SMILES string of the molecule is Brc1cnc(C2CCNC2)[nH]1. The van der Waals surface area contributed by atoms with Crippen molar-refractivity contribution in [2.24, 2.45) is 0 Å². The van der Waals surface area contributed by atoms with Crippen molar-refractivity contribution in [1.29, 1.82) is 0 Å². The summed E-state index contributed by atoms with van der Waals surface area (Å²) >= 11 is 3.34. The van der Waals surface area contributed by atoms with Gasteiger partial charge in [-0.3, -0.25) is 0 Å². The second-order valence-electron chi connectivity index (χ2n) is 2.81. The maximum Gasteiger partial charge on any atom is 0.111 e. The molecule has 1 aromatic rings. The first kappa shape index (κ1) is 7.31. The average Bonchev–Trinajstić information content (AvgIpc) is 2.55. The average molecular weight is 216 g/mol. The van der Waals surface area contributed by atoms with E-state index in [2.05, 4.69) is 31.2 Å². The third-order valence-corrected chi connectivity index (χ3v) is 2.41. The van der Waals surface area contributed by atoms with Crippen molar-refractivity contribution < 1.29 is 0 Å². The number of imidazole rings is 1. The third-order valence-electron chi connectivity index (χ3n) is 2.01. The van der Waals surface area contributed by atoms with E-state index in [1.54, 1.807) is 0 Å². The molecular weight excluding hydrogens is 206 g/mol. The van der Waals surface area contributed by atoms with Gasteiger partial charge in [0.05, 0.1) is 6.20 Å². The quantitative estimate of drug-likeness (QED) is 0.741. The van der Waals surface area contributed by atoms with E-state index in [0.29, 0.717) is 5.92 Å². The maximum absolute atomic E-state index is 4.26. The minimum Gasteiger partial charge on any atom is -0.336 e. The van der Waals surface area contributed by atoms with Gasteiger partial charge in [-0.15, -0.1) is 0 Å². The van der Waals surface area contributed by atoms with E-state index in [0.717, 1.165) is 23.5 Å². The molecule has 1 aliphatic heterocycles. The molecule has 1 fully saturated rings. The Morgan fingerprint density at radius 2 is 2.55 bits per heavy atom. The second kappa shape index (κ2) is 2.95. The van der Waals surface area contributed by atoms with Gasteiger partial charge in [0.15, 0.2) is 0 Å². The van der Waals surface area contributed by atoms with Crippen LogP contribution in [0.1, 0.15) is 18.2 Å². The lowest BCUT2D eigenvalue weighted by Gasteiger charge is -2.01. The second-order valence-corrected chi connectivity index (χ2v) is 3.66. The number of hydrogen-bond donors (Lipinski definition) is 2. The molecular formula is C7H10BrN3. The number of aromatic amines is 1. The lowest BCUT2D eigenvalue weighted by atomic mass is 10.1. The van der Waals surface area contributed by atoms with Crippen LogP contribution in [0.4, 0.5) is 0 Å². The van der Waals surface area contributed by atoms with Crippen molar-refractivity contribution in [1.82, 2.24) is 15.3 Å². The molecule has 2 heterocycles. The highest BCUT2D eigenvalue weighted by Gasteiger charge is 2.18. The number of nitrogens with one attached hydrogen (secondary N) is 2. The Morgan fingerprint density at radius 3 is 3.09 bits per heavy atom. The molecule has 2 rings (SSSR count). The van der Waals surface area contributed by atoms with Crippen LogP contribution >= 0.6 is 15.9 Å². The van der Waals surface area contributed by atoms with E-state index in [4.69, 9.17) is 0 Å². The van der Waals surface area contributed by atoms with Crippen molar-refractivity contribution in [2.45, 2.75) is 12.3 Å². The minimum atomic E-state index is 0.585. The van der Waals surface area contributed by atoms with E-state index >= 15 is 0 Å². The number of hydrogen-bond acceptors (Lipinski definition) is 2. The highest BCUT2D eigenvalue weighted by molar-refractivity contribution is 9.10. The fraction of sp³-hybridized carbons (Fsp3) is 0.571. The number of rotatable bonds is 1. The van der Waals surface area contributed by atoms with Gasteiger partial charge in [-0.25, -0.2) is 4.98 Å². The molecule has 1 aliphatic rings. The zero-order valence-electron chi connectivity index (χ0n) is 6.10. The Bertz CT molecular complexity index is 240. The molecule has 0 spiro atoms. The maximum atomic E-state index is 4.26. The lowest BCUT2D eigenvalue weighted by molar-refractivity contribution is 0.713. The Balaban J connectivity index is 2.15. The van der Waals surface area contributed by atoms with Crippen molar-refractivity contribution in [3.63, 3.8) is 0 Å². The molecule has 3 nitrogen and oxygen atoms in total. The van der Waals surface area contributed by atoms with E-state index < -0.39 is 0 Å². The molecule has 0 aliphatic carbocycles. The molecule has 1 aromatic heterocycles. The van der Waals surface area contributed by atoms with Crippen LogP contribution in [0, 0.1) is 0 Å². The predicted molar refractivity (Wildman–Crippen MR) is 46.5 cm³/mol. The summed E-state index contributed by atoms with van der Waals surface area (Å²) in [5.41, 5.74) is 0. The number of aromatic nitrogens is 2. The van der Waals surface area contributed by atoms with Crippen molar-refractivity contribution in [3.8, 4) is 0 Å². The Hall–Kier alpha value is -0.350. The van der Waals surface area contributed by atoms with Gasteiger partial charge in [-0.2, -0.15) is 0 Å². The van der Waals surface area contributed by atoms with Crippen molar-refractivity contribution >= 4 is 15.9 Å². The van der Waals surface area contributed by atoms with Crippen LogP contribution < -0.4 is 5.32 Å². The summed E-state index contributed by atoms with van der Waals surface area (Å²) in [5.74, 6) is 1.68. The van der Waals surface area contributed by atoms with Gasteiger partial charge < -0.3 is 10.3 Å². The Labute approximate surface area is 73.7 Å². The summed E-state index contributed by atoms with van der Waals surface area (Å²) in [6, 6.07) is 0. The monoisotopic (exact) mass is 215 g/mol. The Morgan fingerprint density at radius 1 is 1.64 bits per heavy atom. The van der Waals surface area contributed by atoms with E-state index in [1.165, 1.54) is 6.42 Å². The molecule has 4 heteroatoms. The van der Waals surface area contributed by atoms with Crippen LogP contribution in [0.15, 0.2) is 10.8 Å². The summed E-state index contributed by atoms with van der Waals surface area (Å²) in [6.45, 7) is 2.17. The molecule has 60 valence electrons. The largest absolute Gasteiger partial charge is 0.336 e. The number of nitrogens with zero attached hydrogens (tertiary/aromatic N) is 1. The predicted octanol–water partition coefficient (Wildman–Crippen LogP) is 1.25. The van der Waals surface area contributed by atoms with E-state index in [-0.39, 0.29) is 0 Å². The number of H-pyrrole nitrogens is 1. The molecule has 11 heavy (non-hydrogen) atoms. The number of halogens is 1. The zero-order chi connectivity index (χ0) is 7.68. The first-order chi connectivity index (χ1) is 5.36.